The second kappa shape index (κ2) is 11.7. The number of ether oxygens (including phenoxy) is 1. The molecule has 0 fully saturated rings. The number of carbonyl (C=O) groups is 2. The van der Waals surface area contributed by atoms with E-state index in [0.717, 1.165) is 27.8 Å². The molecule has 9 heteroatoms. The third kappa shape index (κ3) is 6.04. The first kappa shape index (κ1) is 25.2. The largest absolute Gasteiger partial charge is 0.497 e. The Morgan fingerprint density at radius 2 is 1.75 bits per heavy atom. The lowest BCUT2D eigenvalue weighted by atomic mass is 10.1. The maximum absolute atomic E-state index is 12.7. The zero-order valence-electron chi connectivity index (χ0n) is 20.5. The first-order valence-electron chi connectivity index (χ1n) is 11.7. The molecule has 0 radical (unpaired) electrons. The van der Waals surface area contributed by atoms with Gasteiger partial charge in [-0.05, 0) is 43.0 Å². The molecule has 0 bridgehead atoms. The summed E-state index contributed by atoms with van der Waals surface area (Å²) in [5, 5.41) is 17.3. The minimum atomic E-state index is -0.331. The van der Waals surface area contributed by atoms with Gasteiger partial charge in [0.2, 0.25) is 11.8 Å². The lowest BCUT2D eigenvalue weighted by Crippen LogP contribution is -2.30. The summed E-state index contributed by atoms with van der Waals surface area (Å²) in [6, 6.07) is 20.8. The Balaban J connectivity index is 1.35. The summed E-state index contributed by atoms with van der Waals surface area (Å²) in [5.74, 6) is 1.36. The van der Waals surface area contributed by atoms with Crippen LogP contribution in [0.1, 0.15) is 31.3 Å². The Morgan fingerprint density at radius 1 is 1.00 bits per heavy atom. The van der Waals surface area contributed by atoms with Gasteiger partial charge >= 0.3 is 0 Å². The molecule has 0 saturated heterocycles. The molecule has 0 aliphatic heterocycles. The number of rotatable bonds is 10. The predicted octanol–water partition coefficient (Wildman–Crippen LogP) is 4.61. The SMILES string of the molecule is CCn1c(SCC(=O)Nc2cccc3ccccc23)nnc1[C@H](C)NC(=O)Cc1ccc(OC)cc1. The van der Waals surface area contributed by atoms with Crippen LogP contribution in [-0.2, 0) is 22.6 Å². The van der Waals surface area contributed by atoms with Crippen molar-refractivity contribution in [3.05, 3.63) is 78.1 Å². The van der Waals surface area contributed by atoms with Crippen LogP contribution in [0, 0.1) is 0 Å². The zero-order valence-corrected chi connectivity index (χ0v) is 21.3. The van der Waals surface area contributed by atoms with Crippen molar-refractivity contribution in [2.75, 3.05) is 18.2 Å². The smallest absolute Gasteiger partial charge is 0.234 e. The molecule has 1 aromatic heterocycles. The lowest BCUT2D eigenvalue weighted by Gasteiger charge is -2.15. The Kier molecular flexibility index (Phi) is 8.22. The number of thioether (sulfide) groups is 1. The van der Waals surface area contributed by atoms with Crippen LogP contribution in [0.3, 0.4) is 0 Å². The van der Waals surface area contributed by atoms with Gasteiger partial charge < -0.3 is 19.9 Å². The Bertz CT molecular complexity index is 1350. The molecule has 0 unspecified atom stereocenters. The van der Waals surface area contributed by atoms with Crippen LogP contribution in [0.25, 0.3) is 10.8 Å². The molecule has 4 aromatic rings. The van der Waals surface area contributed by atoms with E-state index in [0.29, 0.717) is 17.5 Å². The van der Waals surface area contributed by atoms with E-state index in [4.69, 9.17) is 4.74 Å². The molecule has 186 valence electrons. The van der Waals surface area contributed by atoms with Gasteiger partial charge in [-0.15, -0.1) is 10.2 Å². The fourth-order valence-corrected chi connectivity index (χ4v) is 4.77. The number of nitrogens with one attached hydrogen (secondary N) is 2. The maximum Gasteiger partial charge on any atom is 0.234 e. The van der Waals surface area contributed by atoms with Gasteiger partial charge in [0.15, 0.2) is 11.0 Å². The second-order valence-electron chi connectivity index (χ2n) is 8.26. The van der Waals surface area contributed by atoms with Crippen molar-refractivity contribution in [2.24, 2.45) is 0 Å². The van der Waals surface area contributed by atoms with Crippen molar-refractivity contribution in [3.8, 4) is 5.75 Å². The van der Waals surface area contributed by atoms with E-state index in [2.05, 4.69) is 20.8 Å². The number of benzene rings is 3. The Hall–Kier alpha value is -3.85. The number of hydrogen-bond acceptors (Lipinski definition) is 6. The van der Waals surface area contributed by atoms with Gasteiger partial charge in [-0.3, -0.25) is 9.59 Å². The van der Waals surface area contributed by atoms with Crippen molar-refractivity contribution in [1.82, 2.24) is 20.1 Å². The molecule has 0 spiro atoms. The summed E-state index contributed by atoms with van der Waals surface area (Å²) in [6.07, 6.45) is 0.255. The monoisotopic (exact) mass is 503 g/mol. The summed E-state index contributed by atoms with van der Waals surface area (Å²) in [6.45, 7) is 4.48. The van der Waals surface area contributed by atoms with Crippen molar-refractivity contribution < 1.29 is 14.3 Å². The van der Waals surface area contributed by atoms with Gasteiger partial charge in [0, 0.05) is 17.6 Å². The molecule has 3 aromatic carbocycles. The fourth-order valence-electron chi connectivity index (χ4n) is 3.96. The molecular weight excluding hydrogens is 474 g/mol. The summed E-state index contributed by atoms with van der Waals surface area (Å²) < 4.78 is 7.08. The quantitative estimate of drug-likeness (QED) is 0.307. The molecule has 1 atom stereocenters. The van der Waals surface area contributed by atoms with E-state index in [9.17, 15) is 9.59 Å². The van der Waals surface area contributed by atoms with E-state index in [1.54, 1.807) is 7.11 Å². The fraction of sp³-hybridized carbons (Fsp3) is 0.259. The highest BCUT2D eigenvalue weighted by atomic mass is 32.2. The molecule has 4 rings (SSSR count). The average molecular weight is 504 g/mol. The van der Waals surface area contributed by atoms with Crippen molar-refractivity contribution >= 4 is 40.0 Å². The average Bonchev–Trinajstić information content (AvgIpc) is 3.31. The summed E-state index contributed by atoms with van der Waals surface area (Å²) in [5.41, 5.74) is 1.68. The van der Waals surface area contributed by atoms with Crippen LogP contribution in [0.5, 0.6) is 5.75 Å². The zero-order chi connectivity index (χ0) is 25.5. The van der Waals surface area contributed by atoms with Crippen molar-refractivity contribution in [1.29, 1.82) is 0 Å². The van der Waals surface area contributed by atoms with Crippen molar-refractivity contribution in [2.45, 2.75) is 38.0 Å². The van der Waals surface area contributed by atoms with Gasteiger partial charge in [0.05, 0.1) is 25.3 Å². The number of aromatic nitrogens is 3. The number of methoxy groups -OCH3 is 1. The van der Waals surface area contributed by atoms with E-state index in [1.165, 1.54) is 11.8 Å². The first-order valence-corrected chi connectivity index (χ1v) is 12.7. The molecule has 2 N–H and O–H groups in total. The van der Waals surface area contributed by atoms with Crippen LogP contribution < -0.4 is 15.4 Å². The number of fused-ring (bicyclic) bond motifs is 1. The van der Waals surface area contributed by atoms with E-state index >= 15 is 0 Å². The highest BCUT2D eigenvalue weighted by molar-refractivity contribution is 7.99. The first-order chi connectivity index (χ1) is 17.5. The van der Waals surface area contributed by atoms with Gasteiger partial charge in [0.25, 0.3) is 0 Å². The number of hydrogen-bond donors (Lipinski definition) is 2. The minimum Gasteiger partial charge on any atom is -0.497 e. The summed E-state index contributed by atoms with van der Waals surface area (Å²) in [7, 11) is 1.61. The molecule has 36 heavy (non-hydrogen) atoms. The highest BCUT2D eigenvalue weighted by Gasteiger charge is 2.20. The summed E-state index contributed by atoms with van der Waals surface area (Å²) in [4.78, 5) is 25.3. The maximum atomic E-state index is 12.7. The number of nitrogens with zero attached hydrogens (tertiary/aromatic N) is 3. The van der Waals surface area contributed by atoms with Gasteiger partial charge in [-0.2, -0.15) is 0 Å². The lowest BCUT2D eigenvalue weighted by molar-refractivity contribution is -0.121. The minimum absolute atomic E-state index is 0.109. The van der Waals surface area contributed by atoms with Gasteiger partial charge in [-0.25, -0.2) is 0 Å². The van der Waals surface area contributed by atoms with Crippen LogP contribution in [0.15, 0.2) is 71.9 Å². The molecule has 2 amide bonds. The number of carbonyl (C=O) groups excluding carboxylic acids is 2. The molecule has 8 nitrogen and oxygen atoms in total. The van der Waals surface area contributed by atoms with Gasteiger partial charge in [0.1, 0.15) is 5.75 Å². The van der Waals surface area contributed by atoms with E-state index < -0.39 is 0 Å². The van der Waals surface area contributed by atoms with Gasteiger partial charge in [-0.1, -0.05) is 60.3 Å². The van der Waals surface area contributed by atoms with Crippen LogP contribution in [0.2, 0.25) is 0 Å². The normalized spacial score (nSPS) is 11.8. The molecule has 0 saturated carbocycles. The molecule has 0 aliphatic rings. The van der Waals surface area contributed by atoms with E-state index in [1.807, 2.05) is 85.1 Å². The van der Waals surface area contributed by atoms with Crippen LogP contribution in [-0.4, -0.2) is 39.4 Å². The Morgan fingerprint density at radius 3 is 2.50 bits per heavy atom. The molecule has 0 aliphatic carbocycles. The molecule has 1 heterocycles. The molecular formula is C27H29N5O3S. The Labute approximate surface area is 214 Å². The topological polar surface area (TPSA) is 98.1 Å². The third-order valence-corrected chi connectivity index (χ3v) is 6.71. The van der Waals surface area contributed by atoms with Crippen LogP contribution >= 0.6 is 11.8 Å². The van der Waals surface area contributed by atoms with Crippen molar-refractivity contribution in [3.63, 3.8) is 0 Å². The summed E-state index contributed by atoms with van der Waals surface area (Å²) >= 11 is 1.32. The standard InChI is InChI=1S/C27H29N5O3S/c1-4-32-26(18(2)28-24(33)16-19-12-14-21(35-3)15-13-19)30-31-27(32)36-17-25(34)29-23-11-7-9-20-8-5-6-10-22(20)23/h5-15,18H,4,16-17H2,1-3H3,(H,28,33)(H,29,34)/t18-/m0/s1. The van der Waals surface area contributed by atoms with Crippen LogP contribution in [0.4, 0.5) is 5.69 Å². The number of anilines is 1. The highest BCUT2D eigenvalue weighted by Crippen LogP contribution is 2.25. The third-order valence-electron chi connectivity index (χ3n) is 5.75. The second-order valence-corrected chi connectivity index (χ2v) is 9.21. The number of amides is 2. The van der Waals surface area contributed by atoms with E-state index in [-0.39, 0.29) is 30.0 Å². The predicted molar refractivity (Wildman–Crippen MR) is 142 cm³/mol.